The van der Waals surface area contributed by atoms with Crippen molar-refractivity contribution in [3.8, 4) is 0 Å². The Morgan fingerprint density at radius 1 is 1.08 bits per heavy atom. The Bertz CT molecular complexity index is 713. The third kappa shape index (κ3) is 9.54. The molecular weight excluding hydrogens is 376 g/mol. The highest BCUT2D eigenvalue weighted by molar-refractivity contribution is 7.89. The van der Waals surface area contributed by atoms with Crippen LogP contribution in [0.15, 0.2) is 29.2 Å². The smallest absolute Gasteiger partial charge is 0.407 e. The summed E-state index contributed by atoms with van der Waals surface area (Å²) >= 11 is 5.14. The highest BCUT2D eigenvalue weighted by Crippen LogP contribution is 2.09. The standard InChI is InChI=1S/C16H26N4O4S2/c1-16(2,3)24-15(21)20-11-10-19-14(25)18-9-8-12-4-6-13(7-5-12)26(17,22)23/h4-7H,8-11H2,1-3H3,(H,20,21)(H2,17,22,23)(H2,18,19,25). The van der Waals surface area contributed by atoms with Gasteiger partial charge in [0.05, 0.1) is 4.90 Å². The fraction of sp³-hybridized carbons (Fsp3) is 0.500. The van der Waals surface area contributed by atoms with Gasteiger partial charge in [-0.15, -0.1) is 0 Å². The molecule has 1 aromatic carbocycles. The number of nitrogens with two attached hydrogens (primary N) is 1. The lowest BCUT2D eigenvalue weighted by Crippen LogP contribution is -2.41. The quantitative estimate of drug-likeness (QED) is 0.394. The molecular formula is C16H26N4O4S2. The van der Waals surface area contributed by atoms with E-state index in [0.717, 1.165) is 5.56 Å². The van der Waals surface area contributed by atoms with Crippen molar-refractivity contribution in [3.63, 3.8) is 0 Å². The molecule has 0 unspecified atom stereocenters. The van der Waals surface area contributed by atoms with Crippen LogP contribution in [0.2, 0.25) is 0 Å². The van der Waals surface area contributed by atoms with Gasteiger partial charge in [0, 0.05) is 19.6 Å². The number of alkyl carbamates (subject to hydrolysis) is 1. The fourth-order valence-electron chi connectivity index (χ4n) is 1.88. The molecule has 0 radical (unpaired) electrons. The van der Waals surface area contributed by atoms with Gasteiger partial charge < -0.3 is 20.7 Å². The Morgan fingerprint density at radius 3 is 2.15 bits per heavy atom. The normalized spacial score (nSPS) is 11.5. The first-order valence-corrected chi connectivity index (χ1v) is 10.0. The molecule has 146 valence electrons. The molecule has 0 fully saturated rings. The van der Waals surface area contributed by atoms with Crippen LogP contribution in [0.5, 0.6) is 0 Å². The third-order valence-electron chi connectivity index (χ3n) is 3.03. The van der Waals surface area contributed by atoms with Gasteiger partial charge in [0.2, 0.25) is 10.0 Å². The minimum atomic E-state index is -3.67. The minimum Gasteiger partial charge on any atom is -0.444 e. The molecule has 0 aromatic heterocycles. The predicted molar refractivity (Wildman–Crippen MR) is 104 cm³/mol. The van der Waals surface area contributed by atoms with Gasteiger partial charge in [-0.05, 0) is 57.1 Å². The molecule has 0 aliphatic heterocycles. The lowest BCUT2D eigenvalue weighted by molar-refractivity contribution is 0.0529. The maximum atomic E-state index is 11.5. The lowest BCUT2D eigenvalue weighted by Gasteiger charge is -2.19. The summed E-state index contributed by atoms with van der Waals surface area (Å²) < 4.78 is 27.5. The number of carbonyl (C=O) groups is 1. The van der Waals surface area contributed by atoms with Crippen molar-refractivity contribution >= 4 is 33.4 Å². The van der Waals surface area contributed by atoms with E-state index in [4.69, 9.17) is 22.1 Å². The number of rotatable bonds is 7. The molecule has 0 aliphatic carbocycles. The van der Waals surface area contributed by atoms with E-state index in [1.54, 1.807) is 32.9 Å². The SMILES string of the molecule is CC(C)(C)OC(=O)NCCNC(=S)NCCc1ccc(S(N)(=O)=O)cc1. The van der Waals surface area contributed by atoms with Crippen molar-refractivity contribution in [1.82, 2.24) is 16.0 Å². The van der Waals surface area contributed by atoms with Gasteiger partial charge in [-0.1, -0.05) is 12.1 Å². The van der Waals surface area contributed by atoms with E-state index in [-0.39, 0.29) is 4.90 Å². The molecule has 10 heteroatoms. The first kappa shape index (κ1) is 22.1. The van der Waals surface area contributed by atoms with E-state index < -0.39 is 21.7 Å². The maximum absolute atomic E-state index is 11.5. The maximum Gasteiger partial charge on any atom is 0.407 e. The molecule has 1 aromatic rings. The number of benzene rings is 1. The zero-order chi connectivity index (χ0) is 19.8. The van der Waals surface area contributed by atoms with E-state index in [0.29, 0.717) is 31.2 Å². The van der Waals surface area contributed by atoms with Crippen molar-refractivity contribution in [2.45, 2.75) is 37.7 Å². The van der Waals surface area contributed by atoms with Gasteiger partial charge in [-0.2, -0.15) is 0 Å². The average molecular weight is 403 g/mol. The van der Waals surface area contributed by atoms with Gasteiger partial charge in [0.15, 0.2) is 5.11 Å². The number of thiocarbonyl (C=S) groups is 1. The summed E-state index contributed by atoms with van der Waals surface area (Å²) in [4.78, 5) is 11.6. The zero-order valence-corrected chi connectivity index (χ0v) is 16.8. The summed E-state index contributed by atoms with van der Waals surface area (Å²) in [5.41, 5.74) is 0.431. The summed E-state index contributed by atoms with van der Waals surface area (Å²) in [5.74, 6) is 0. The van der Waals surface area contributed by atoms with Crippen LogP contribution in [0.3, 0.4) is 0 Å². The molecule has 0 saturated carbocycles. The van der Waals surface area contributed by atoms with E-state index in [1.807, 2.05) is 0 Å². The minimum absolute atomic E-state index is 0.0869. The number of nitrogens with one attached hydrogen (secondary N) is 3. The van der Waals surface area contributed by atoms with Crippen LogP contribution < -0.4 is 21.1 Å². The Labute approximate surface area is 159 Å². The van der Waals surface area contributed by atoms with Gasteiger partial charge in [-0.3, -0.25) is 0 Å². The molecule has 5 N–H and O–H groups in total. The highest BCUT2D eigenvalue weighted by atomic mass is 32.2. The molecule has 1 amide bonds. The fourth-order valence-corrected chi connectivity index (χ4v) is 2.60. The molecule has 8 nitrogen and oxygen atoms in total. The number of hydrogen-bond acceptors (Lipinski definition) is 5. The monoisotopic (exact) mass is 402 g/mol. The van der Waals surface area contributed by atoms with Crippen LogP contribution in [0, 0.1) is 0 Å². The Morgan fingerprint density at radius 2 is 1.62 bits per heavy atom. The zero-order valence-electron chi connectivity index (χ0n) is 15.2. The van der Waals surface area contributed by atoms with Gasteiger partial charge >= 0.3 is 6.09 Å². The van der Waals surface area contributed by atoms with Gasteiger partial charge in [0.1, 0.15) is 5.60 Å². The first-order valence-electron chi connectivity index (χ1n) is 8.08. The summed E-state index contributed by atoms with van der Waals surface area (Å²) in [5, 5.41) is 14.2. The second kappa shape index (κ2) is 9.70. The Kier molecular flexibility index (Phi) is 8.25. The average Bonchev–Trinajstić information content (AvgIpc) is 2.49. The van der Waals surface area contributed by atoms with Crippen molar-refractivity contribution < 1.29 is 17.9 Å². The number of amides is 1. The number of primary sulfonamides is 1. The molecule has 0 bridgehead atoms. The molecule has 26 heavy (non-hydrogen) atoms. The van der Waals surface area contributed by atoms with Crippen molar-refractivity contribution in [2.24, 2.45) is 5.14 Å². The van der Waals surface area contributed by atoms with E-state index in [9.17, 15) is 13.2 Å². The predicted octanol–water partition coefficient (Wildman–Crippen LogP) is 0.865. The molecule has 0 aliphatic rings. The van der Waals surface area contributed by atoms with Crippen molar-refractivity contribution in [1.29, 1.82) is 0 Å². The van der Waals surface area contributed by atoms with E-state index >= 15 is 0 Å². The third-order valence-corrected chi connectivity index (χ3v) is 4.25. The second-order valence-electron chi connectivity index (χ2n) is 6.55. The topological polar surface area (TPSA) is 123 Å². The van der Waals surface area contributed by atoms with Crippen molar-refractivity contribution in [3.05, 3.63) is 29.8 Å². The summed E-state index contributed by atoms with van der Waals surface area (Å²) in [6.07, 6.45) is 0.198. The van der Waals surface area contributed by atoms with Crippen LogP contribution in [-0.2, 0) is 21.2 Å². The highest BCUT2D eigenvalue weighted by Gasteiger charge is 2.15. The van der Waals surface area contributed by atoms with Crippen LogP contribution in [0.25, 0.3) is 0 Å². The van der Waals surface area contributed by atoms with Crippen LogP contribution in [0.1, 0.15) is 26.3 Å². The summed E-state index contributed by atoms with van der Waals surface area (Å²) in [6, 6.07) is 6.37. The second-order valence-corrected chi connectivity index (χ2v) is 8.52. The van der Waals surface area contributed by atoms with Gasteiger partial charge in [-0.25, -0.2) is 18.4 Å². The molecule has 1 rings (SSSR count). The molecule has 0 saturated heterocycles. The van der Waals surface area contributed by atoms with E-state index in [2.05, 4.69) is 16.0 Å². The van der Waals surface area contributed by atoms with E-state index in [1.165, 1.54) is 12.1 Å². The molecule has 0 spiro atoms. The van der Waals surface area contributed by atoms with Crippen LogP contribution in [0.4, 0.5) is 4.79 Å². The lowest BCUT2D eigenvalue weighted by atomic mass is 10.1. The number of ether oxygens (including phenoxy) is 1. The number of sulfonamides is 1. The van der Waals surface area contributed by atoms with Crippen LogP contribution >= 0.6 is 12.2 Å². The van der Waals surface area contributed by atoms with Crippen LogP contribution in [-0.4, -0.2) is 44.9 Å². The van der Waals surface area contributed by atoms with Gasteiger partial charge in [0.25, 0.3) is 0 Å². The molecule has 0 atom stereocenters. The number of carbonyl (C=O) groups excluding carboxylic acids is 1. The summed E-state index contributed by atoms with van der Waals surface area (Å²) in [7, 11) is -3.67. The largest absolute Gasteiger partial charge is 0.444 e. The Hall–Kier alpha value is -1.91. The summed E-state index contributed by atoms with van der Waals surface area (Å²) in [6.45, 7) is 6.82. The number of hydrogen-bond donors (Lipinski definition) is 4. The Balaban J connectivity index is 2.20. The van der Waals surface area contributed by atoms with Crippen molar-refractivity contribution in [2.75, 3.05) is 19.6 Å². The first-order chi connectivity index (χ1) is 12.0. The molecule has 0 heterocycles.